The number of hydrogen-bond acceptors (Lipinski definition) is 5. The average Bonchev–Trinajstić information content (AvgIpc) is 3.48. The summed E-state index contributed by atoms with van der Waals surface area (Å²) >= 11 is 0. The molecule has 1 aromatic heterocycles. The summed E-state index contributed by atoms with van der Waals surface area (Å²) in [6, 6.07) is 12.1. The van der Waals surface area contributed by atoms with E-state index in [2.05, 4.69) is 10.1 Å². The van der Waals surface area contributed by atoms with Crippen LogP contribution in [0, 0.1) is 24.5 Å². The van der Waals surface area contributed by atoms with E-state index in [0.717, 1.165) is 12.1 Å². The van der Waals surface area contributed by atoms with Crippen molar-refractivity contribution < 1.29 is 22.9 Å². The number of halogens is 2. The van der Waals surface area contributed by atoms with Crippen LogP contribution in [-0.4, -0.2) is 57.9 Å². The molecule has 2 aromatic carbocycles. The number of aromatic nitrogens is 2. The van der Waals surface area contributed by atoms with Gasteiger partial charge in [0.15, 0.2) is 17.5 Å². The summed E-state index contributed by atoms with van der Waals surface area (Å²) in [5.74, 6) is -1.88. The van der Waals surface area contributed by atoms with Crippen LogP contribution < -0.4 is 0 Å². The topological polar surface area (TPSA) is 79.5 Å². The average molecular weight is 438 g/mol. The zero-order chi connectivity index (χ0) is 22.5. The highest BCUT2D eigenvalue weighted by molar-refractivity contribution is 5.95. The maximum Gasteiger partial charge on any atom is 0.254 e. The normalized spacial score (nSPS) is 22.3. The van der Waals surface area contributed by atoms with Gasteiger partial charge in [0, 0.05) is 43.2 Å². The molecule has 2 atom stereocenters. The molecule has 0 spiro atoms. The van der Waals surface area contributed by atoms with E-state index in [1.165, 1.54) is 6.07 Å². The van der Waals surface area contributed by atoms with Crippen molar-refractivity contribution in [3.8, 4) is 0 Å². The van der Waals surface area contributed by atoms with Crippen molar-refractivity contribution in [2.45, 2.75) is 12.3 Å². The van der Waals surface area contributed by atoms with E-state index in [4.69, 9.17) is 4.52 Å². The van der Waals surface area contributed by atoms with E-state index in [-0.39, 0.29) is 23.9 Å². The molecule has 2 fully saturated rings. The molecule has 0 radical (unpaired) electrons. The number of aryl methyl sites for hydroxylation is 1. The van der Waals surface area contributed by atoms with E-state index in [0.29, 0.717) is 36.9 Å². The second-order valence-corrected chi connectivity index (χ2v) is 8.37. The van der Waals surface area contributed by atoms with E-state index in [1.54, 1.807) is 28.9 Å². The van der Waals surface area contributed by atoms with Crippen LogP contribution in [0.15, 0.2) is 53.1 Å². The van der Waals surface area contributed by atoms with Crippen molar-refractivity contribution in [2.75, 3.05) is 26.2 Å². The summed E-state index contributed by atoms with van der Waals surface area (Å²) < 4.78 is 32.5. The Labute approximate surface area is 182 Å². The SMILES string of the molecule is Cc1noc(C23CN(C(=O)c4ccccc4)CC2CN(C(=O)c2ccc(F)c(F)c2)C3)n1. The van der Waals surface area contributed by atoms with Gasteiger partial charge in [0.1, 0.15) is 0 Å². The molecule has 2 aliphatic heterocycles. The maximum atomic E-state index is 13.7. The third-order valence-electron chi connectivity index (χ3n) is 6.32. The number of amides is 2. The Morgan fingerprint density at radius 2 is 1.62 bits per heavy atom. The van der Waals surface area contributed by atoms with E-state index < -0.39 is 23.0 Å². The van der Waals surface area contributed by atoms with Gasteiger partial charge in [-0.2, -0.15) is 4.98 Å². The number of likely N-dealkylation sites (tertiary alicyclic amines) is 2. The molecular weight excluding hydrogens is 418 g/mol. The largest absolute Gasteiger partial charge is 0.339 e. The smallest absolute Gasteiger partial charge is 0.254 e. The Bertz CT molecular complexity index is 1200. The Kier molecular flexibility index (Phi) is 4.76. The van der Waals surface area contributed by atoms with Crippen LogP contribution in [0.3, 0.4) is 0 Å². The molecule has 0 aliphatic carbocycles. The van der Waals surface area contributed by atoms with Gasteiger partial charge in [-0.05, 0) is 37.3 Å². The zero-order valence-corrected chi connectivity index (χ0v) is 17.3. The fourth-order valence-electron chi connectivity index (χ4n) is 4.75. The lowest BCUT2D eigenvalue weighted by Gasteiger charge is -2.26. The number of nitrogens with zero attached hydrogens (tertiary/aromatic N) is 4. The van der Waals surface area contributed by atoms with Gasteiger partial charge in [-0.3, -0.25) is 9.59 Å². The fourth-order valence-corrected chi connectivity index (χ4v) is 4.75. The van der Waals surface area contributed by atoms with Crippen molar-refractivity contribution in [3.63, 3.8) is 0 Å². The van der Waals surface area contributed by atoms with Gasteiger partial charge in [0.05, 0.1) is 5.41 Å². The fraction of sp³-hybridized carbons (Fsp3) is 0.304. The molecule has 5 rings (SSSR count). The number of rotatable bonds is 3. The molecule has 3 aromatic rings. The minimum absolute atomic E-state index is 0.0675. The van der Waals surface area contributed by atoms with Crippen LogP contribution in [0.5, 0.6) is 0 Å². The predicted octanol–water partition coefficient (Wildman–Crippen LogP) is 2.82. The number of fused-ring (bicyclic) bond motifs is 1. The standard InChI is InChI=1S/C23H20F2N4O3/c1-14-26-22(32-27-14)23-12-28(20(30)15-5-3-2-4-6-15)10-17(23)11-29(13-23)21(31)16-7-8-18(24)19(25)9-16/h2-9,17H,10-13H2,1H3. The molecule has 7 nitrogen and oxygen atoms in total. The molecule has 0 bridgehead atoms. The minimum Gasteiger partial charge on any atom is -0.339 e. The molecule has 0 saturated carbocycles. The summed E-state index contributed by atoms with van der Waals surface area (Å²) in [5.41, 5.74) is -0.0723. The van der Waals surface area contributed by atoms with Crippen LogP contribution in [0.4, 0.5) is 8.78 Å². The molecule has 9 heteroatoms. The van der Waals surface area contributed by atoms with Gasteiger partial charge < -0.3 is 14.3 Å². The summed E-state index contributed by atoms with van der Waals surface area (Å²) in [5, 5.41) is 3.91. The number of benzene rings is 2. The number of carbonyl (C=O) groups excluding carboxylic acids is 2. The molecule has 2 saturated heterocycles. The first kappa shape index (κ1) is 20.3. The molecule has 164 valence electrons. The zero-order valence-electron chi connectivity index (χ0n) is 17.3. The van der Waals surface area contributed by atoms with Crippen LogP contribution in [-0.2, 0) is 5.41 Å². The van der Waals surface area contributed by atoms with Crippen molar-refractivity contribution in [2.24, 2.45) is 5.92 Å². The molecule has 0 N–H and O–H groups in total. The van der Waals surface area contributed by atoms with Gasteiger partial charge in [0.25, 0.3) is 11.8 Å². The second-order valence-electron chi connectivity index (χ2n) is 8.37. The van der Waals surface area contributed by atoms with E-state index in [1.807, 2.05) is 18.2 Å². The third kappa shape index (κ3) is 3.24. The predicted molar refractivity (Wildman–Crippen MR) is 109 cm³/mol. The highest BCUT2D eigenvalue weighted by Gasteiger charge is 2.58. The Morgan fingerprint density at radius 1 is 0.969 bits per heavy atom. The Balaban J connectivity index is 1.45. The van der Waals surface area contributed by atoms with Crippen molar-refractivity contribution in [1.82, 2.24) is 19.9 Å². The third-order valence-corrected chi connectivity index (χ3v) is 6.32. The van der Waals surface area contributed by atoms with Crippen molar-refractivity contribution in [1.29, 1.82) is 0 Å². The number of hydrogen-bond donors (Lipinski definition) is 0. The Hall–Kier alpha value is -3.62. The molecule has 32 heavy (non-hydrogen) atoms. The highest BCUT2D eigenvalue weighted by atomic mass is 19.2. The van der Waals surface area contributed by atoms with Crippen molar-refractivity contribution >= 4 is 11.8 Å². The molecular formula is C23H20F2N4O3. The quantitative estimate of drug-likeness (QED) is 0.628. The van der Waals surface area contributed by atoms with Gasteiger partial charge in [0.2, 0.25) is 5.89 Å². The number of carbonyl (C=O) groups is 2. The van der Waals surface area contributed by atoms with E-state index >= 15 is 0 Å². The molecule has 2 aliphatic rings. The van der Waals surface area contributed by atoms with E-state index in [9.17, 15) is 18.4 Å². The van der Waals surface area contributed by atoms with Gasteiger partial charge in [-0.15, -0.1) is 0 Å². The Morgan fingerprint density at radius 3 is 2.22 bits per heavy atom. The van der Waals surface area contributed by atoms with Crippen LogP contribution in [0.25, 0.3) is 0 Å². The molecule has 2 amide bonds. The summed E-state index contributed by atoms with van der Waals surface area (Å²) in [7, 11) is 0. The highest BCUT2D eigenvalue weighted by Crippen LogP contribution is 2.45. The summed E-state index contributed by atoms with van der Waals surface area (Å²) in [6.07, 6.45) is 0. The van der Waals surface area contributed by atoms with Crippen molar-refractivity contribution in [3.05, 3.63) is 83.0 Å². The first-order chi connectivity index (χ1) is 15.4. The summed E-state index contributed by atoms with van der Waals surface area (Å²) in [4.78, 5) is 33.9. The minimum atomic E-state index is -1.07. The monoisotopic (exact) mass is 438 g/mol. The lowest BCUT2D eigenvalue weighted by molar-refractivity contribution is 0.0727. The first-order valence-electron chi connectivity index (χ1n) is 10.3. The van der Waals surface area contributed by atoms with Crippen LogP contribution in [0.1, 0.15) is 32.4 Å². The van der Waals surface area contributed by atoms with Gasteiger partial charge in [-0.25, -0.2) is 8.78 Å². The molecule has 3 heterocycles. The lowest BCUT2D eigenvalue weighted by Crippen LogP contribution is -2.41. The molecule has 2 unspecified atom stereocenters. The summed E-state index contributed by atoms with van der Waals surface area (Å²) in [6.45, 7) is 3.00. The first-order valence-corrected chi connectivity index (χ1v) is 10.3. The van der Waals surface area contributed by atoms with Gasteiger partial charge >= 0.3 is 0 Å². The lowest BCUT2D eigenvalue weighted by atomic mass is 9.81. The maximum absolute atomic E-state index is 13.7. The van der Waals surface area contributed by atoms with Crippen LogP contribution >= 0.6 is 0 Å². The second kappa shape index (κ2) is 7.51. The van der Waals surface area contributed by atoms with Crippen LogP contribution in [0.2, 0.25) is 0 Å². The van der Waals surface area contributed by atoms with Gasteiger partial charge in [-0.1, -0.05) is 23.4 Å².